The minimum Gasteiger partial charge on any atom is -0.489 e. The molecule has 2 saturated heterocycles. The number of carbonyl (C=O) groups excluding carboxylic acids is 2. The van der Waals surface area contributed by atoms with Crippen LogP contribution < -0.4 is 20.1 Å². The quantitative estimate of drug-likeness (QED) is 0.170. The minimum atomic E-state index is -0.831. The van der Waals surface area contributed by atoms with E-state index in [1.54, 1.807) is 0 Å². The standard InChI is InChI=1S/C42H42N4O6/c1-40-36-30(29-19-27(15-17-32(29)43-36)51-23-25-11-7-5-8-12-25)21-35(38(48)50-4)46(40)39-42(22-34(37(47)49-3)45-41(40,42)2)31-20-28(16-18-33(31)44-39)52-24-26-13-9-6-10-14-26/h5-20,34-35,39,43-45H,21-24H2,1-4H3. The fraction of sp³-hybridized carbons (Fsp3) is 0.333. The Hall–Kier alpha value is -5.32. The van der Waals surface area contributed by atoms with Crippen LogP contribution in [0.5, 0.6) is 11.5 Å². The molecule has 5 heterocycles. The summed E-state index contributed by atoms with van der Waals surface area (Å²) in [7, 11) is 2.88. The van der Waals surface area contributed by atoms with Gasteiger partial charge in [-0.15, -0.1) is 0 Å². The largest absolute Gasteiger partial charge is 0.489 e. The Balaban J connectivity index is 1.19. The topological polar surface area (TPSA) is 114 Å². The molecule has 10 heteroatoms. The first-order valence-electron chi connectivity index (χ1n) is 17.8. The van der Waals surface area contributed by atoms with Crippen LogP contribution in [0.15, 0.2) is 97.1 Å². The maximum atomic E-state index is 14.0. The first-order valence-corrected chi connectivity index (χ1v) is 17.8. The van der Waals surface area contributed by atoms with E-state index in [4.69, 9.17) is 18.9 Å². The van der Waals surface area contributed by atoms with Gasteiger partial charge in [-0.3, -0.25) is 19.8 Å². The number of esters is 2. The number of methoxy groups -OCH3 is 2. The Kier molecular flexibility index (Phi) is 7.43. The number of fused-ring (bicyclic) bond motifs is 8. The number of aromatic amines is 1. The molecule has 0 saturated carbocycles. The molecule has 0 radical (unpaired) electrons. The molecule has 3 N–H and O–H groups in total. The predicted molar refractivity (Wildman–Crippen MR) is 196 cm³/mol. The average molecular weight is 699 g/mol. The van der Waals surface area contributed by atoms with Crippen molar-refractivity contribution in [2.24, 2.45) is 0 Å². The number of carbonyl (C=O) groups is 2. The van der Waals surface area contributed by atoms with Gasteiger partial charge in [0.05, 0.1) is 36.9 Å². The fourth-order valence-electron chi connectivity index (χ4n) is 9.95. The number of hydrogen-bond acceptors (Lipinski definition) is 9. The monoisotopic (exact) mass is 698 g/mol. The van der Waals surface area contributed by atoms with Crippen molar-refractivity contribution in [2.45, 2.75) is 74.6 Å². The van der Waals surface area contributed by atoms with Crippen molar-refractivity contribution in [1.29, 1.82) is 0 Å². The summed E-state index contributed by atoms with van der Waals surface area (Å²) in [6, 6.07) is 31.2. The maximum absolute atomic E-state index is 14.0. The second kappa shape index (κ2) is 11.9. The number of nitrogens with one attached hydrogen (secondary N) is 3. The van der Waals surface area contributed by atoms with E-state index in [1.807, 2.05) is 84.9 Å². The van der Waals surface area contributed by atoms with Gasteiger partial charge in [-0.2, -0.15) is 0 Å². The van der Waals surface area contributed by atoms with Crippen molar-refractivity contribution in [1.82, 2.24) is 15.2 Å². The highest BCUT2D eigenvalue weighted by Gasteiger charge is 2.81. The number of rotatable bonds is 8. The van der Waals surface area contributed by atoms with E-state index < -0.39 is 28.6 Å². The smallest absolute Gasteiger partial charge is 0.323 e. The Morgan fingerprint density at radius 1 is 0.808 bits per heavy atom. The molecule has 2 fully saturated rings. The van der Waals surface area contributed by atoms with Crippen LogP contribution in [-0.2, 0) is 49.7 Å². The average Bonchev–Trinajstić information content (AvgIpc) is 3.86. The number of aromatic nitrogens is 1. The van der Waals surface area contributed by atoms with Crippen LogP contribution in [0.25, 0.3) is 10.9 Å². The molecule has 1 aromatic heterocycles. The molecule has 4 aromatic carbocycles. The van der Waals surface area contributed by atoms with Gasteiger partial charge in [0.1, 0.15) is 36.8 Å². The molecule has 4 aliphatic heterocycles. The molecule has 10 nitrogen and oxygen atoms in total. The summed E-state index contributed by atoms with van der Waals surface area (Å²) in [5.41, 5.74) is 4.81. The van der Waals surface area contributed by atoms with Gasteiger partial charge >= 0.3 is 11.9 Å². The zero-order chi connectivity index (χ0) is 35.8. The van der Waals surface area contributed by atoms with Gasteiger partial charge in [0.15, 0.2) is 0 Å². The lowest BCUT2D eigenvalue weighted by molar-refractivity contribution is -0.152. The molecule has 9 rings (SSSR count). The molecule has 5 aromatic rings. The number of benzene rings is 4. The maximum Gasteiger partial charge on any atom is 0.323 e. The highest BCUT2D eigenvalue weighted by molar-refractivity contribution is 5.90. The Labute approximate surface area is 302 Å². The van der Waals surface area contributed by atoms with Crippen LogP contribution >= 0.6 is 0 Å². The van der Waals surface area contributed by atoms with Crippen molar-refractivity contribution in [2.75, 3.05) is 19.5 Å². The van der Waals surface area contributed by atoms with E-state index in [-0.39, 0.29) is 18.1 Å². The van der Waals surface area contributed by atoms with Gasteiger partial charge in [-0.25, -0.2) is 0 Å². The third-order valence-corrected chi connectivity index (χ3v) is 12.4. The van der Waals surface area contributed by atoms with E-state index >= 15 is 0 Å². The van der Waals surface area contributed by atoms with Crippen LogP contribution in [0, 0.1) is 0 Å². The first kappa shape index (κ1) is 32.6. The van der Waals surface area contributed by atoms with E-state index in [1.165, 1.54) is 14.2 Å². The molecule has 52 heavy (non-hydrogen) atoms. The molecule has 1 spiro atoms. The van der Waals surface area contributed by atoms with Crippen LogP contribution in [0.1, 0.15) is 48.2 Å². The number of H-pyrrole nitrogens is 1. The van der Waals surface area contributed by atoms with E-state index in [0.29, 0.717) is 26.1 Å². The molecule has 6 unspecified atom stereocenters. The summed E-state index contributed by atoms with van der Waals surface area (Å²) in [5.74, 6) is 0.851. The lowest BCUT2D eigenvalue weighted by Gasteiger charge is -2.52. The SMILES string of the molecule is COC(=O)C1CC23c4cc(OCc5ccccc5)ccc4NC2N2C(C(=O)OC)Cc4c([nH]c5ccc(OCc6ccccc6)cc45)C2(C)C3(C)N1. The molecular weight excluding hydrogens is 656 g/mol. The molecular formula is C42H42N4O6. The Morgan fingerprint density at radius 3 is 2.10 bits per heavy atom. The summed E-state index contributed by atoms with van der Waals surface area (Å²) in [4.78, 5) is 33.5. The zero-order valence-corrected chi connectivity index (χ0v) is 29.7. The van der Waals surface area contributed by atoms with E-state index in [0.717, 1.165) is 56.0 Å². The number of ether oxygens (including phenoxy) is 4. The summed E-state index contributed by atoms with van der Waals surface area (Å²) in [6.07, 6.45) is 0.528. The second-order valence-corrected chi connectivity index (χ2v) is 14.7. The number of nitrogens with zero attached hydrogens (tertiary/aromatic N) is 1. The van der Waals surface area contributed by atoms with Crippen molar-refractivity contribution in [3.63, 3.8) is 0 Å². The number of hydrogen-bond donors (Lipinski definition) is 3. The van der Waals surface area contributed by atoms with Crippen molar-refractivity contribution >= 4 is 28.5 Å². The lowest BCUT2D eigenvalue weighted by Crippen LogP contribution is -2.67. The van der Waals surface area contributed by atoms with Gasteiger partial charge in [-0.1, -0.05) is 60.7 Å². The molecule has 4 aliphatic rings. The number of anilines is 1. The summed E-state index contributed by atoms with van der Waals surface area (Å²) in [5, 5.41) is 8.65. The Bertz CT molecular complexity index is 2210. The fourth-order valence-corrected chi connectivity index (χ4v) is 9.95. The summed E-state index contributed by atoms with van der Waals surface area (Å²) < 4.78 is 23.5. The Morgan fingerprint density at radius 2 is 1.44 bits per heavy atom. The third kappa shape index (κ3) is 4.43. The summed E-state index contributed by atoms with van der Waals surface area (Å²) >= 11 is 0. The van der Waals surface area contributed by atoms with E-state index in [9.17, 15) is 9.59 Å². The molecule has 266 valence electrons. The normalized spacial score (nSPS) is 28.2. The van der Waals surface area contributed by atoms with Gasteiger partial charge in [0, 0.05) is 28.7 Å². The third-order valence-electron chi connectivity index (χ3n) is 12.4. The van der Waals surface area contributed by atoms with Crippen molar-refractivity contribution in [3.8, 4) is 11.5 Å². The summed E-state index contributed by atoms with van der Waals surface area (Å²) in [6.45, 7) is 5.25. The van der Waals surface area contributed by atoms with Crippen LogP contribution in [0.2, 0.25) is 0 Å². The molecule has 6 atom stereocenters. The van der Waals surface area contributed by atoms with Crippen LogP contribution in [0.3, 0.4) is 0 Å². The van der Waals surface area contributed by atoms with E-state index in [2.05, 4.69) is 46.5 Å². The predicted octanol–water partition coefficient (Wildman–Crippen LogP) is 5.94. The van der Waals surface area contributed by atoms with Crippen LogP contribution in [-0.4, -0.2) is 59.8 Å². The van der Waals surface area contributed by atoms with Crippen molar-refractivity contribution < 1.29 is 28.5 Å². The van der Waals surface area contributed by atoms with Gasteiger partial charge in [0.2, 0.25) is 0 Å². The molecule has 0 amide bonds. The van der Waals surface area contributed by atoms with Crippen LogP contribution in [0.4, 0.5) is 5.69 Å². The second-order valence-electron chi connectivity index (χ2n) is 14.7. The molecule has 0 aliphatic carbocycles. The van der Waals surface area contributed by atoms with Gasteiger partial charge < -0.3 is 29.2 Å². The molecule has 0 bridgehead atoms. The highest BCUT2D eigenvalue weighted by Crippen LogP contribution is 2.69. The zero-order valence-electron chi connectivity index (χ0n) is 29.7. The first-order chi connectivity index (χ1) is 25.2. The lowest BCUT2D eigenvalue weighted by atomic mass is 9.61. The minimum absolute atomic E-state index is 0.310. The highest BCUT2D eigenvalue weighted by atomic mass is 16.5. The van der Waals surface area contributed by atoms with Crippen molar-refractivity contribution in [3.05, 3.63) is 125 Å². The van der Waals surface area contributed by atoms with Gasteiger partial charge in [0.25, 0.3) is 0 Å². The van der Waals surface area contributed by atoms with Gasteiger partial charge in [-0.05, 0) is 78.9 Å².